The number of amides is 2. The summed E-state index contributed by atoms with van der Waals surface area (Å²) >= 11 is 0. The molecule has 1 aromatic heterocycles. The summed E-state index contributed by atoms with van der Waals surface area (Å²) in [6.07, 6.45) is 1.18. The Morgan fingerprint density at radius 1 is 1.17 bits per heavy atom. The third-order valence-electron chi connectivity index (χ3n) is 5.42. The van der Waals surface area contributed by atoms with Crippen molar-refractivity contribution in [1.29, 1.82) is 0 Å². The van der Waals surface area contributed by atoms with Crippen LogP contribution in [0.5, 0.6) is 0 Å². The van der Waals surface area contributed by atoms with Crippen LogP contribution in [0.2, 0.25) is 0 Å². The number of fused-ring (bicyclic) bond motifs is 1. The number of likely N-dealkylation sites (tertiary alicyclic amines) is 1. The number of rotatable bonds is 6. The van der Waals surface area contributed by atoms with Crippen LogP contribution in [0.15, 0.2) is 48.5 Å². The number of aromatic nitrogens is 2. The van der Waals surface area contributed by atoms with Crippen molar-refractivity contribution in [1.82, 2.24) is 14.5 Å². The van der Waals surface area contributed by atoms with E-state index in [0.29, 0.717) is 19.0 Å². The number of benzene rings is 2. The standard InChI is InChI=1S/C23H26N4O2/c1-3-12-27-20-7-5-4-6-19(20)24-23(27)25-22(29)18-13-21(28)26(15-18)14-17-10-8-16(2)9-11-17/h4-11,18H,3,12-15H2,1-2H3,(H,24,25,29)/t18-/m0/s1. The lowest BCUT2D eigenvalue weighted by molar-refractivity contribution is -0.128. The monoisotopic (exact) mass is 390 g/mol. The quantitative estimate of drug-likeness (QED) is 0.697. The van der Waals surface area contributed by atoms with Crippen molar-refractivity contribution in [2.24, 2.45) is 5.92 Å². The van der Waals surface area contributed by atoms with E-state index in [2.05, 4.69) is 17.2 Å². The lowest BCUT2D eigenvalue weighted by atomic mass is 10.1. The van der Waals surface area contributed by atoms with Crippen molar-refractivity contribution in [2.45, 2.75) is 39.8 Å². The van der Waals surface area contributed by atoms with Gasteiger partial charge in [0.1, 0.15) is 0 Å². The van der Waals surface area contributed by atoms with Crippen LogP contribution in [0, 0.1) is 12.8 Å². The van der Waals surface area contributed by atoms with Gasteiger partial charge in [0.25, 0.3) is 0 Å². The molecule has 1 atom stereocenters. The van der Waals surface area contributed by atoms with Crippen LogP contribution >= 0.6 is 0 Å². The number of para-hydroxylation sites is 2. The number of hydrogen-bond acceptors (Lipinski definition) is 3. The number of imidazole rings is 1. The Hall–Kier alpha value is -3.15. The van der Waals surface area contributed by atoms with Crippen LogP contribution in [-0.4, -0.2) is 32.8 Å². The zero-order chi connectivity index (χ0) is 20.4. The zero-order valence-corrected chi connectivity index (χ0v) is 16.9. The first-order valence-electron chi connectivity index (χ1n) is 10.1. The summed E-state index contributed by atoms with van der Waals surface area (Å²) in [6.45, 7) is 5.89. The van der Waals surface area contributed by atoms with Crippen molar-refractivity contribution in [3.05, 3.63) is 59.7 Å². The molecule has 1 saturated heterocycles. The molecular formula is C23H26N4O2. The molecule has 29 heavy (non-hydrogen) atoms. The van der Waals surface area contributed by atoms with E-state index in [-0.39, 0.29) is 24.2 Å². The highest BCUT2D eigenvalue weighted by Crippen LogP contribution is 2.24. The smallest absolute Gasteiger partial charge is 0.232 e. The molecule has 0 aliphatic carbocycles. The van der Waals surface area contributed by atoms with Crippen LogP contribution in [0.25, 0.3) is 11.0 Å². The summed E-state index contributed by atoms with van der Waals surface area (Å²) < 4.78 is 2.04. The van der Waals surface area contributed by atoms with Gasteiger partial charge >= 0.3 is 0 Å². The van der Waals surface area contributed by atoms with Crippen LogP contribution in [0.3, 0.4) is 0 Å². The molecule has 2 amide bonds. The summed E-state index contributed by atoms with van der Waals surface area (Å²) in [4.78, 5) is 31.7. The number of carbonyl (C=O) groups is 2. The molecule has 1 aliphatic rings. The van der Waals surface area contributed by atoms with Crippen molar-refractivity contribution in [2.75, 3.05) is 11.9 Å². The van der Waals surface area contributed by atoms with Gasteiger partial charge in [0, 0.05) is 26.1 Å². The van der Waals surface area contributed by atoms with E-state index in [4.69, 9.17) is 0 Å². The van der Waals surface area contributed by atoms with Gasteiger partial charge < -0.3 is 9.47 Å². The van der Waals surface area contributed by atoms with Crippen molar-refractivity contribution in [3.8, 4) is 0 Å². The van der Waals surface area contributed by atoms with Crippen LogP contribution in [0.4, 0.5) is 5.95 Å². The van der Waals surface area contributed by atoms with Gasteiger partial charge in [-0.2, -0.15) is 0 Å². The molecule has 150 valence electrons. The molecule has 2 heterocycles. The largest absolute Gasteiger partial charge is 0.338 e. The van der Waals surface area contributed by atoms with Crippen LogP contribution < -0.4 is 5.32 Å². The highest BCUT2D eigenvalue weighted by molar-refractivity contribution is 5.97. The number of aryl methyl sites for hydroxylation is 2. The van der Waals surface area contributed by atoms with Crippen molar-refractivity contribution in [3.63, 3.8) is 0 Å². The minimum Gasteiger partial charge on any atom is -0.338 e. The maximum atomic E-state index is 12.9. The van der Waals surface area contributed by atoms with E-state index in [0.717, 1.165) is 29.6 Å². The molecule has 2 aromatic carbocycles. The second kappa shape index (κ2) is 8.07. The second-order valence-electron chi connectivity index (χ2n) is 7.73. The molecule has 0 saturated carbocycles. The fourth-order valence-electron chi connectivity index (χ4n) is 3.85. The van der Waals surface area contributed by atoms with Gasteiger partial charge in [0.05, 0.1) is 17.0 Å². The summed E-state index contributed by atoms with van der Waals surface area (Å²) in [5, 5.41) is 2.97. The maximum absolute atomic E-state index is 12.9. The SMILES string of the molecule is CCCn1c(NC(=O)[C@H]2CC(=O)N(Cc3ccc(C)cc3)C2)nc2ccccc21. The first-order valence-corrected chi connectivity index (χ1v) is 10.1. The van der Waals surface area contributed by atoms with Gasteiger partial charge in [-0.25, -0.2) is 4.98 Å². The fraction of sp³-hybridized carbons (Fsp3) is 0.348. The van der Waals surface area contributed by atoms with Gasteiger partial charge in [-0.1, -0.05) is 48.9 Å². The lowest BCUT2D eigenvalue weighted by Crippen LogP contribution is -2.28. The fourth-order valence-corrected chi connectivity index (χ4v) is 3.85. The number of hydrogen-bond donors (Lipinski definition) is 1. The van der Waals surface area contributed by atoms with Crippen molar-refractivity contribution < 1.29 is 9.59 Å². The topological polar surface area (TPSA) is 67.2 Å². The molecule has 0 radical (unpaired) electrons. The van der Waals surface area contributed by atoms with E-state index < -0.39 is 0 Å². The molecule has 1 aliphatic heterocycles. The van der Waals surface area contributed by atoms with Gasteiger partial charge in [0.15, 0.2) is 0 Å². The number of carbonyl (C=O) groups excluding carboxylic acids is 2. The summed E-state index contributed by atoms with van der Waals surface area (Å²) in [7, 11) is 0. The molecule has 0 spiro atoms. The minimum atomic E-state index is -0.358. The Morgan fingerprint density at radius 3 is 2.69 bits per heavy atom. The van der Waals surface area contributed by atoms with Gasteiger partial charge in [0.2, 0.25) is 17.8 Å². The average Bonchev–Trinajstić information content (AvgIpc) is 3.25. The Kier molecular flexibility index (Phi) is 5.34. The maximum Gasteiger partial charge on any atom is 0.232 e. The van der Waals surface area contributed by atoms with Gasteiger partial charge in [-0.15, -0.1) is 0 Å². The van der Waals surface area contributed by atoms with E-state index >= 15 is 0 Å². The first-order chi connectivity index (χ1) is 14.0. The molecule has 4 rings (SSSR count). The Balaban J connectivity index is 1.46. The van der Waals surface area contributed by atoms with Crippen molar-refractivity contribution >= 4 is 28.8 Å². The van der Waals surface area contributed by atoms with E-state index in [1.807, 2.05) is 60.0 Å². The predicted molar refractivity (Wildman–Crippen MR) is 113 cm³/mol. The molecule has 1 N–H and O–H groups in total. The number of anilines is 1. The first kappa shape index (κ1) is 19.2. The summed E-state index contributed by atoms with van der Waals surface area (Å²) in [5.41, 5.74) is 4.14. The summed E-state index contributed by atoms with van der Waals surface area (Å²) in [5.74, 6) is 0.0792. The van der Waals surface area contributed by atoms with E-state index in [9.17, 15) is 9.59 Å². The van der Waals surface area contributed by atoms with Gasteiger partial charge in [-0.05, 0) is 31.0 Å². The number of nitrogens with one attached hydrogen (secondary N) is 1. The van der Waals surface area contributed by atoms with Crippen LogP contribution in [-0.2, 0) is 22.7 Å². The zero-order valence-electron chi connectivity index (χ0n) is 16.9. The highest BCUT2D eigenvalue weighted by Gasteiger charge is 2.34. The van der Waals surface area contributed by atoms with E-state index in [1.165, 1.54) is 5.56 Å². The highest BCUT2D eigenvalue weighted by atomic mass is 16.2. The predicted octanol–water partition coefficient (Wildman–Crippen LogP) is 3.74. The Morgan fingerprint density at radius 2 is 1.93 bits per heavy atom. The molecule has 0 bridgehead atoms. The van der Waals surface area contributed by atoms with E-state index in [1.54, 1.807) is 4.90 Å². The third-order valence-corrected chi connectivity index (χ3v) is 5.42. The molecule has 0 unspecified atom stereocenters. The Labute approximate surface area is 170 Å². The second-order valence-corrected chi connectivity index (χ2v) is 7.73. The Bertz CT molecular complexity index is 1040. The normalized spacial score (nSPS) is 16.6. The molecule has 6 heteroatoms. The average molecular weight is 390 g/mol. The summed E-state index contributed by atoms with van der Waals surface area (Å²) in [6, 6.07) is 16.0. The molecule has 1 fully saturated rings. The van der Waals surface area contributed by atoms with Gasteiger partial charge in [-0.3, -0.25) is 14.9 Å². The van der Waals surface area contributed by atoms with Crippen LogP contribution in [0.1, 0.15) is 30.9 Å². The minimum absolute atomic E-state index is 0.0211. The lowest BCUT2D eigenvalue weighted by Gasteiger charge is -2.17. The third kappa shape index (κ3) is 4.01. The molecular weight excluding hydrogens is 364 g/mol. The molecule has 3 aromatic rings. The molecule has 6 nitrogen and oxygen atoms in total. The number of nitrogens with zero attached hydrogens (tertiary/aromatic N) is 3.